The highest BCUT2D eigenvalue weighted by molar-refractivity contribution is 6.30. The molecule has 0 saturated carbocycles. The topological polar surface area (TPSA) is 60.4 Å². The van der Waals surface area contributed by atoms with Crippen LogP contribution in [0.4, 0.5) is 0 Å². The van der Waals surface area contributed by atoms with Crippen molar-refractivity contribution >= 4 is 29.1 Å². The van der Waals surface area contributed by atoms with Gasteiger partial charge in [-0.3, -0.25) is 14.4 Å². The first kappa shape index (κ1) is 16.9. The van der Waals surface area contributed by atoms with Gasteiger partial charge in [-0.1, -0.05) is 41.9 Å². The zero-order chi connectivity index (χ0) is 16.8. The number of carbonyl (C=O) groups is 3. The standard InChI is InChI=1S/C18H15ClO4/c1-23-18(22)15(17(21)13-5-3-2-4-6-13)11-16(20)12-7-9-14(19)10-8-12/h2-10,15H,11H2,1H3. The van der Waals surface area contributed by atoms with Crippen molar-refractivity contribution in [3.05, 3.63) is 70.7 Å². The lowest BCUT2D eigenvalue weighted by Gasteiger charge is -2.13. The molecule has 0 radical (unpaired) electrons. The minimum absolute atomic E-state index is 0.248. The Hall–Kier alpha value is -2.46. The van der Waals surface area contributed by atoms with Gasteiger partial charge >= 0.3 is 5.97 Å². The van der Waals surface area contributed by atoms with Crippen LogP contribution in [0.25, 0.3) is 0 Å². The predicted molar refractivity (Wildman–Crippen MR) is 86.7 cm³/mol. The van der Waals surface area contributed by atoms with E-state index in [1.807, 2.05) is 0 Å². The van der Waals surface area contributed by atoms with Crippen LogP contribution in [0.3, 0.4) is 0 Å². The smallest absolute Gasteiger partial charge is 0.317 e. The number of Topliss-reactive ketones (excluding diaryl/α,β-unsaturated/α-hetero) is 2. The third-order valence-corrected chi connectivity index (χ3v) is 3.67. The first-order valence-corrected chi connectivity index (χ1v) is 7.36. The summed E-state index contributed by atoms with van der Waals surface area (Å²) in [7, 11) is 1.19. The third kappa shape index (κ3) is 4.27. The zero-order valence-electron chi connectivity index (χ0n) is 12.5. The maximum absolute atomic E-state index is 12.5. The lowest BCUT2D eigenvalue weighted by atomic mass is 9.91. The molecule has 5 heteroatoms. The number of rotatable bonds is 6. The molecule has 0 aliphatic carbocycles. The molecule has 0 bridgehead atoms. The average molecular weight is 331 g/mol. The quantitative estimate of drug-likeness (QED) is 0.461. The number of hydrogen-bond donors (Lipinski definition) is 0. The van der Waals surface area contributed by atoms with Gasteiger partial charge in [0.15, 0.2) is 11.6 Å². The highest BCUT2D eigenvalue weighted by atomic mass is 35.5. The molecular weight excluding hydrogens is 316 g/mol. The molecule has 2 aromatic rings. The summed E-state index contributed by atoms with van der Waals surface area (Å²) in [5, 5.41) is 0.506. The second-order valence-electron chi connectivity index (χ2n) is 4.94. The average Bonchev–Trinajstić information content (AvgIpc) is 2.59. The van der Waals surface area contributed by atoms with E-state index in [-0.39, 0.29) is 12.2 Å². The summed E-state index contributed by atoms with van der Waals surface area (Å²) < 4.78 is 4.68. The number of ketones is 2. The Kier molecular flexibility index (Phi) is 5.66. The molecule has 23 heavy (non-hydrogen) atoms. The normalized spacial score (nSPS) is 11.6. The summed E-state index contributed by atoms with van der Waals surface area (Å²) >= 11 is 5.79. The van der Waals surface area contributed by atoms with Gasteiger partial charge in [0.05, 0.1) is 7.11 Å². The minimum atomic E-state index is -1.16. The molecule has 0 heterocycles. The lowest BCUT2D eigenvalue weighted by molar-refractivity contribution is -0.143. The summed E-state index contributed by atoms with van der Waals surface area (Å²) in [6.07, 6.45) is -0.248. The van der Waals surface area contributed by atoms with Gasteiger partial charge in [-0.15, -0.1) is 0 Å². The highest BCUT2D eigenvalue weighted by Crippen LogP contribution is 2.18. The number of ether oxygens (including phenoxy) is 1. The summed E-state index contributed by atoms with van der Waals surface area (Å²) in [6.45, 7) is 0. The van der Waals surface area contributed by atoms with Gasteiger partial charge in [-0.25, -0.2) is 0 Å². The Balaban J connectivity index is 2.22. The van der Waals surface area contributed by atoms with Crippen molar-refractivity contribution in [2.24, 2.45) is 5.92 Å². The fraction of sp³-hybridized carbons (Fsp3) is 0.167. The number of carbonyl (C=O) groups excluding carboxylic acids is 3. The van der Waals surface area contributed by atoms with E-state index in [2.05, 4.69) is 4.74 Å². The third-order valence-electron chi connectivity index (χ3n) is 3.42. The molecule has 2 rings (SSSR count). The number of methoxy groups -OCH3 is 1. The lowest BCUT2D eigenvalue weighted by Crippen LogP contribution is -2.28. The van der Waals surface area contributed by atoms with Gasteiger partial charge < -0.3 is 4.74 Å². The van der Waals surface area contributed by atoms with Crippen molar-refractivity contribution in [2.75, 3.05) is 7.11 Å². The molecule has 118 valence electrons. The van der Waals surface area contributed by atoms with Crippen LogP contribution in [0.1, 0.15) is 27.1 Å². The van der Waals surface area contributed by atoms with Gasteiger partial charge in [-0.05, 0) is 24.3 Å². The fourth-order valence-electron chi connectivity index (χ4n) is 2.17. The van der Waals surface area contributed by atoms with Gasteiger partial charge in [0.1, 0.15) is 5.92 Å². The van der Waals surface area contributed by atoms with Crippen LogP contribution in [0.15, 0.2) is 54.6 Å². The molecule has 2 aromatic carbocycles. The monoisotopic (exact) mass is 330 g/mol. The zero-order valence-corrected chi connectivity index (χ0v) is 13.2. The van der Waals surface area contributed by atoms with Gasteiger partial charge in [0, 0.05) is 22.6 Å². The molecule has 0 aromatic heterocycles. The van der Waals surface area contributed by atoms with Gasteiger partial charge in [0.2, 0.25) is 0 Å². The second kappa shape index (κ2) is 7.70. The molecule has 0 fully saturated rings. The van der Waals surface area contributed by atoms with Crippen LogP contribution in [0, 0.1) is 5.92 Å². The van der Waals surface area contributed by atoms with Crippen molar-refractivity contribution in [1.29, 1.82) is 0 Å². The second-order valence-corrected chi connectivity index (χ2v) is 5.38. The summed E-state index contributed by atoms with van der Waals surface area (Å²) in [5.74, 6) is -2.63. The molecule has 0 spiro atoms. The van der Waals surface area contributed by atoms with Crippen molar-refractivity contribution in [3.8, 4) is 0 Å². The van der Waals surface area contributed by atoms with E-state index in [0.29, 0.717) is 16.1 Å². The van der Waals surface area contributed by atoms with Gasteiger partial charge in [-0.2, -0.15) is 0 Å². The molecular formula is C18H15ClO4. The summed E-state index contributed by atoms with van der Waals surface area (Å²) in [5.41, 5.74) is 0.760. The van der Waals surface area contributed by atoms with Gasteiger partial charge in [0.25, 0.3) is 0 Å². The number of hydrogen-bond acceptors (Lipinski definition) is 4. The van der Waals surface area contributed by atoms with E-state index < -0.39 is 17.7 Å². The van der Waals surface area contributed by atoms with Crippen LogP contribution < -0.4 is 0 Å². The van der Waals surface area contributed by atoms with Crippen LogP contribution >= 0.6 is 11.6 Å². The van der Waals surface area contributed by atoms with E-state index in [9.17, 15) is 14.4 Å². The maximum Gasteiger partial charge on any atom is 0.317 e. The van der Waals surface area contributed by atoms with E-state index in [1.165, 1.54) is 7.11 Å². The molecule has 1 unspecified atom stereocenters. The molecule has 1 atom stereocenters. The van der Waals surface area contributed by atoms with E-state index in [1.54, 1.807) is 54.6 Å². The Labute approximate surface area is 139 Å². The first-order valence-electron chi connectivity index (χ1n) is 6.98. The maximum atomic E-state index is 12.5. The van der Waals surface area contributed by atoms with E-state index in [4.69, 9.17) is 11.6 Å². The Morgan fingerprint density at radius 2 is 1.57 bits per heavy atom. The van der Waals surface area contributed by atoms with Crippen molar-refractivity contribution in [1.82, 2.24) is 0 Å². The molecule has 0 saturated heterocycles. The van der Waals surface area contributed by atoms with Crippen LogP contribution in [0.2, 0.25) is 5.02 Å². The van der Waals surface area contributed by atoms with Crippen LogP contribution in [-0.2, 0) is 9.53 Å². The number of benzene rings is 2. The first-order chi connectivity index (χ1) is 11.0. The SMILES string of the molecule is COC(=O)C(CC(=O)c1ccc(Cl)cc1)C(=O)c1ccccc1. The minimum Gasteiger partial charge on any atom is -0.468 e. The Morgan fingerprint density at radius 3 is 2.13 bits per heavy atom. The Morgan fingerprint density at radius 1 is 0.957 bits per heavy atom. The molecule has 0 aliphatic rings. The largest absolute Gasteiger partial charge is 0.468 e. The van der Waals surface area contributed by atoms with Crippen LogP contribution in [0.5, 0.6) is 0 Å². The molecule has 4 nitrogen and oxygen atoms in total. The predicted octanol–water partition coefficient (Wildman–Crippen LogP) is 3.58. The Bertz CT molecular complexity index is 708. The summed E-state index contributed by atoms with van der Waals surface area (Å²) in [6, 6.07) is 14.7. The van der Waals surface area contributed by atoms with Crippen molar-refractivity contribution in [2.45, 2.75) is 6.42 Å². The molecule has 0 amide bonds. The van der Waals surface area contributed by atoms with E-state index in [0.717, 1.165) is 0 Å². The van der Waals surface area contributed by atoms with E-state index >= 15 is 0 Å². The number of esters is 1. The number of halogens is 1. The summed E-state index contributed by atoms with van der Waals surface area (Å²) in [4.78, 5) is 36.7. The van der Waals surface area contributed by atoms with Crippen molar-refractivity contribution < 1.29 is 19.1 Å². The molecule has 0 aliphatic heterocycles. The highest BCUT2D eigenvalue weighted by Gasteiger charge is 2.31. The molecule has 0 N–H and O–H groups in total. The van der Waals surface area contributed by atoms with Crippen molar-refractivity contribution in [3.63, 3.8) is 0 Å². The fourth-order valence-corrected chi connectivity index (χ4v) is 2.29. The van der Waals surface area contributed by atoms with Crippen LogP contribution in [-0.4, -0.2) is 24.6 Å².